The first-order valence-corrected chi connectivity index (χ1v) is 6.07. The molecule has 0 amide bonds. The fourth-order valence-corrected chi connectivity index (χ4v) is 1.32. The van der Waals surface area contributed by atoms with Gasteiger partial charge in [-0.15, -0.1) is 0 Å². The van der Waals surface area contributed by atoms with E-state index >= 15 is 0 Å². The lowest BCUT2D eigenvalue weighted by molar-refractivity contribution is 0.319. The van der Waals surface area contributed by atoms with Crippen LogP contribution in [0.5, 0.6) is 0 Å². The lowest BCUT2D eigenvalue weighted by Crippen LogP contribution is -2.05. The van der Waals surface area contributed by atoms with Crippen molar-refractivity contribution in [1.82, 2.24) is 0 Å². The third kappa shape index (κ3) is 4.01. The van der Waals surface area contributed by atoms with Gasteiger partial charge in [-0.1, -0.05) is 22.4 Å². The molecule has 0 aromatic heterocycles. The zero-order chi connectivity index (χ0) is 15.1. The van der Waals surface area contributed by atoms with Gasteiger partial charge >= 0.3 is 0 Å². The zero-order valence-corrected chi connectivity index (χ0v) is 12.0. The Labute approximate surface area is 117 Å². The summed E-state index contributed by atoms with van der Waals surface area (Å²) in [6, 6.07) is 7.31. The van der Waals surface area contributed by atoms with Crippen LogP contribution < -0.4 is 0 Å². The first-order valence-electron chi connectivity index (χ1n) is 6.07. The maximum atomic E-state index is 8.74. The minimum atomic E-state index is 0.439. The molecule has 1 aromatic rings. The molecule has 0 unspecified atom stereocenters. The number of nitrogens with zero attached hydrogens (tertiary/aromatic N) is 4. The second kappa shape index (κ2) is 7.18. The zero-order valence-electron chi connectivity index (χ0n) is 12.0. The Kier molecular flexibility index (Phi) is 5.58. The molecule has 0 saturated carbocycles. The van der Waals surface area contributed by atoms with Gasteiger partial charge in [0.1, 0.15) is 0 Å². The molecule has 0 atom stereocenters. The van der Waals surface area contributed by atoms with Crippen LogP contribution in [0.2, 0.25) is 0 Å². The van der Waals surface area contributed by atoms with Crippen molar-refractivity contribution in [2.75, 3.05) is 0 Å². The molecule has 0 saturated heterocycles. The Morgan fingerprint density at radius 2 is 1.05 bits per heavy atom. The van der Waals surface area contributed by atoms with E-state index in [9.17, 15) is 0 Å². The molecule has 20 heavy (non-hydrogen) atoms. The molecular formula is C14H18N4O2. The minimum absolute atomic E-state index is 0.439. The average molecular weight is 274 g/mol. The summed E-state index contributed by atoms with van der Waals surface area (Å²) in [5.74, 6) is 0. The summed E-state index contributed by atoms with van der Waals surface area (Å²) in [5.41, 5.74) is 3.37. The maximum absolute atomic E-state index is 8.74. The van der Waals surface area contributed by atoms with Crippen molar-refractivity contribution in [2.45, 2.75) is 27.7 Å². The highest BCUT2D eigenvalue weighted by Gasteiger charge is 2.04. The largest absolute Gasteiger partial charge is 0.411 e. The predicted molar refractivity (Wildman–Crippen MR) is 81.8 cm³/mol. The number of rotatable bonds is 4. The topological polar surface area (TPSA) is 89.9 Å². The summed E-state index contributed by atoms with van der Waals surface area (Å²) in [5, 5.41) is 23.7. The van der Waals surface area contributed by atoms with E-state index in [1.807, 2.05) is 24.3 Å². The SMILES string of the molecule is CC(=Nc1ccccc1N=C(C)/C(C)=N/O)/C(C)=N/O. The van der Waals surface area contributed by atoms with Gasteiger partial charge in [-0.3, -0.25) is 0 Å². The predicted octanol–water partition coefficient (Wildman–Crippen LogP) is 3.57. The van der Waals surface area contributed by atoms with Crippen LogP contribution in [-0.2, 0) is 0 Å². The molecule has 0 bridgehead atoms. The summed E-state index contributed by atoms with van der Waals surface area (Å²) in [7, 11) is 0. The Hall–Kier alpha value is -2.50. The van der Waals surface area contributed by atoms with Crippen molar-refractivity contribution in [2.24, 2.45) is 20.3 Å². The number of hydrogen-bond acceptors (Lipinski definition) is 6. The van der Waals surface area contributed by atoms with Crippen LogP contribution in [0.15, 0.2) is 44.6 Å². The fourth-order valence-electron chi connectivity index (χ4n) is 1.32. The van der Waals surface area contributed by atoms with Crippen LogP contribution >= 0.6 is 0 Å². The molecule has 0 aliphatic carbocycles. The first kappa shape index (κ1) is 15.6. The molecule has 0 radical (unpaired) electrons. The molecule has 0 aliphatic rings. The van der Waals surface area contributed by atoms with Crippen molar-refractivity contribution >= 4 is 34.2 Å². The standard InChI is InChI=1S/C14H18N4O2/c1-9(11(3)17-19)15-13-7-5-6-8-14(13)16-10(2)12(4)18-20/h5-8,19-20H,1-4H3/b15-9?,16-10?,17-11+,18-12+. The van der Waals surface area contributed by atoms with Crippen LogP contribution in [0.1, 0.15) is 27.7 Å². The smallest absolute Gasteiger partial charge is 0.0976 e. The molecule has 0 aliphatic heterocycles. The van der Waals surface area contributed by atoms with Gasteiger partial charge in [-0.2, -0.15) is 0 Å². The summed E-state index contributed by atoms with van der Waals surface area (Å²) in [4.78, 5) is 8.77. The second-order valence-corrected chi connectivity index (χ2v) is 4.25. The molecule has 1 rings (SSSR count). The van der Waals surface area contributed by atoms with Gasteiger partial charge in [0.2, 0.25) is 0 Å². The van der Waals surface area contributed by atoms with Crippen LogP contribution in [0.4, 0.5) is 11.4 Å². The van der Waals surface area contributed by atoms with Crippen molar-refractivity contribution in [3.05, 3.63) is 24.3 Å². The van der Waals surface area contributed by atoms with Gasteiger partial charge in [0.05, 0.1) is 34.2 Å². The second-order valence-electron chi connectivity index (χ2n) is 4.25. The molecule has 6 heteroatoms. The highest BCUT2D eigenvalue weighted by molar-refractivity contribution is 6.41. The lowest BCUT2D eigenvalue weighted by Gasteiger charge is -2.04. The van der Waals surface area contributed by atoms with Gasteiger partial charge in [-0.05, 0) is 39.8 Å². The molecular weight excluding hydrogens is 256 g/mol. The van der Waals surface area contributed by atoms with E-state index in [1.165, 1.54) is 0 Å². The summed E-state index contributed by atoms with van der Waals surface area (Å²) in [6.45, 7) is 6.84. The van der Waals surface area contributed by atoms with Crippen molar-refractivity contribution in [1.29, 1.82) is 0 Å². The van der Waals surface area contributed by atoms with Crippen molar-refractivity contribution < 1.29 is 10.4 Å². The quantitative estimate of drug-likeness (QED) is 0.499. The van der Waals surface area contributed by atoms with Crippen LogP contribution in [0.3, 0.4) is 0 Å². The summed E-state index contributed by atoms with van der Waals surface area (Å²) in [6.07, 6.45) is 0. The average Bonchev–Trinajstić information content (AvgIpc) is 2.47. The number of para-hydroxylation sites is 2. The Morgan fingerprint density at radius 1 is 0.700 bits per heavy atom. The van der Waals surface area contributed by atoms with Gasteiger partial charge in [0.15, 0.2) is 0 Å². The van der Waals surface area contributed by atoms with Crippen LogP contribution in [0.25, 0.3) is 0 Å². The third-order valence-electron chi connectivity index (χ3n) is 2.81. The molecule has 106 valence electrons. The van der Waals surface area contributed by atoms with Gasteiger partial charge in [0, 0.05) is 0 Å². The maximum Gasteiger partial charge on any atom is 0.0976 e. The number of aliphatic imine (C=N–C) groups is 2. The fraction of sp³-hybridized carbons (Fsp3) is 0.286. The first-order chi connectivity index (χ1) is 9.49. The number of hydrogen-bond donors (Lipinski definition) is 2. The van der Waals surface area contributed by atoms with Gasteiger partial charge in [0.25, 0.3) is 0 Å². The summed E-state index contributed by atoms with van der Waals surface area (Å²) >= 11 is 0. The van der Waals surface area contributed by atoms with E-state index in [0.29, 0.717) is 34.2 Å². The number of benzene rings is 1. The molecule has 0 fully saturated rings. The van der Waals surface area contributed by atoms with E-state index in [1.54, 1.807) is 27.7 Å². The van der Waals surface area contributed by atoms with Gasteiger partial charge in [-0.25, -0.2) is 9.98 Å². The van der Waals surface area contributed by atoms with Crippen LogP contribution in [-0.4, -0.2) is 33.3 Å². The van der Waals surface area contributed by atoms with E-state index < -0.39 is 0 Å². The molecule has 6 nitrogen and oxygen atoms in total. The van der Waals surface area contributed by atoms with Crippen molar-refractivity contribution in [3.8, 4) is 0 Å². The minimum Gasteiger partial charge on any atom is -0.411 e. The van der Waals surface area contributed by atoms with E-state index in [0.717, 1.165) is 0 Å². The van der Waals surface area contributed by atoms with E-state index in [4.69, 9.17) is 10.4 Å². The summed E-state index contributed by atoms with van der Waals surface area (Å²) < 4.78 is 0. The van der Waals surface area contributed by atoms with E-state index in [-0.39, 0.29) is 0 Å². The number of oxime groups is 2. The van der Waals surface area contributed by atoms with E-state index in [2.05, 4.69) is 20.3 Å². The highest BCUT2D eigenvalue weighted by Crippen LogP contribution is 2.27. The molecule has 2 N–H and O–H groups in total. The monoisotopic (exact) mass is 274 g/mol. The lowest BCUT2D eigenvalue weighted by atomic mass is 10.2. The molecule has 1 aromatic carbocycles. The van der Waals surface area contributed by atoms with Crippen molar-refractivity contribution in [3.63, 3.8) is 0 Å². The molecule has 0 spiro atoms. The Bertz CT molecular complexity index is 548. The molecule has 0 heterocycles. The Morgan fingerprint density at radius 3 is 1.35 bits per heavy atom. The van der Waals surface area contributed by atoms with Crippen LogP contribution in [0, 0.1) is 0 Å². The third-order valence-corrected chi connectivity index (χ3v) is 2.81. The normalized spacial score (nSPS) is 14.6. The highest BCUT2D eigenvalue weighted by atomic mass is 16.4. The Balaban J connectivity index is 3.26. The van der Waals surface area contributed by atoms with Gasteiger partial charge < -0.3 is 10.4 Å².